The standard InChI is InChI=1S/C25H25NO/c1-24(2)11-12-25(3,4)20-13-16(9-10-19(20)24)21-14-23-18(15-26-21)17-7-5-6-8-22(17)27-23/h5-10,13-15H,11-12H2,1-4H3. The zero-order valence-corrected chi connectivity index (χ0v) is 16.5. The van der Waals surface area contributed by atoms with Crippen LogP contribution < -0.4 is 0 Å². The van der Waals surface area contributed by atoms with Gasteiger partial charge in [0.25, 0.3) is 0 Å². The van der Waals surface area contributed by atoms with E-state index in [1.54, 1.807) is 0 Å². The zero-order chi connectivity index (χ0) is 18.8. The number of furan rings is 1. The molecule has 4 aromatic rings. The van der Waals surface area contributed by atoms with E-state index in [4.69, 9.17) is 9.40 Å². The van der Waals surface area contributed by atoms with Crippen LogP contribution in [0.4, 0.5) is 0 Å². The molecule has 1 aliphatic rings. The summed E-state index contributed by atoms with van der Waals surface area (Å²) >= 11 is 0. The van der Waals surface area contributed by atoms with Gasteiger partial charge in [-0.1, -0.05) is 58.0 Å². The maximum absolute atomic E-state index is 6.06. The van der Waals surface area contributed by atoms with Crippen molar-refractivity contribution in [3.05, 3.63) is 65.9 Å². The monoisotopic (exact) mass is 355 g/mol. The van der Waals surface area contributed by atoms with Crippen molar-refractivity contribution >= 4 is 21.9 Å². The van der Waals surface area contributed by atoms with E-state index in [1.165, 1.54) is 29.5 Å². The van der Waals surface area contributed by atoms with Gasteiger partial charge in [-0.15, -0.1) is 0 Å². The van der Waals surface area contributed by atoms with Crippen LogP contribution in [-0.4, -0.2) is 4.98 Å². The number of benzene rings is 2. The first-order valence-corrected chi connectivity index (χ1v) is 9.78. The molecule has 2 heteroatoms. The summed E-state index contributed by atoms with van der Waals surface area (Å²) in [5.41, 5.74) is 7.34. The van der Waals surface area contributed by atoms with Crippen molar-refractivity contribution in [1.82, 2.24) is 4.98 Å². The van der Waals surface area contributed by atoms with Crippen LogP contribution in [-0.2, 0) is 10.8 Å². The Morgan fingerprint density at radius 3 is 2.33 bits per heavy atom. The predicted molar refractivity (Wildman–Crippen MR) is 112 cm³/mol. The highest BCUT2D eigenvalue weighted by Gasteiger charge is 2.37. The van der Waals surface area contributed by atoms with E-state index in [0.717, 1.165) is 27.6 Å². The van der Waals surface area contributed by atoms with Crippen molar-refractivity contribution in [1.29, 1.82) is 0 Å². The molecule has 0 aliphatic heterocycles. The molecule has 27 heavy (non-hydrogen) atoms. The molecule has 2 nitrogen and oxygen atoms in total. The number of rotatable bonds is 1. The second-order valence-electron chi connectivity index (χ2n) is 9.19. The number of fused-ring (bicyclic) bond motifs is 4. The Labute approximate surface area is 160 Å². The van der Waals surface area contributed by atoms with Gasteiger partial charge in [-0.05, 0) is 46.9 Å². The highest BCUT2D eigenvalue weighted by atomic mass is 16.3. The maximum atomic E-state index is 6.06. The van der Waals surface area contributed by atoms with Crippen LogP contribution in [0.3, 0.4) is 0 Å². The quantitative estimate of drug-likeness (QED) is 0.367. The molecule has 136 valence electrons. The van der Waals surface area contributed by atoms with Crippen LogP contribution >= 0.6 is 0 Å². The van der Waals surface area contributed by atoms with E-state index in [9.17, 15) is 0 Å². The van der Waals surface area contributed by atoms with Crippen LogP contribution in [0.5, 0.6) is 0 Å². The molecule has 0 radical (unpaired) electrons. The smallest absolute Gasteiger partial charge is 0.139 e. The van der Waals surface area contributed by atoms with Gasteiger partial charge in [-0.3, -0.25) is 4.98 Å². The number of hydrogen-bond acceptors (Lipinski definition) is 2. The first kappa shape index (κ1) is 16.6. The maximum Gasteiger partial charge on any atom is 0.139 e. The van der Waals surface area contributed by atoms with Gasteiger partial charge in [-0.25, -0.2) is 0 Å². The second-order valence-corrected chi connectivity index (χ2v) is 9.19. The molecule has 5 rings (SSSR count). The number of aromatic nitrogens is 1. The zero-order valence-electron chi connectivity index (χ0n) is 16.5. The van der Waals surface area contributed by atoms with Crippen LogP contribution in [0.1, 0.15) is 51.7 Å². The first-order chi connectivity index (χ1) is 12.9. The van der Waals surface area contributed by atoms with E-state index < -0.39 is 0 Å². The average Bonchev–Trinajstić information content (AvgIpc) is 3.03. The average molecular weight is 355 g/mol. The van der Waals surface area contributed by atoms with Gasteiger partial charge < -0.3 is 4.42 Å². The lowest BCUT2D eigenvalue weighted by molar-refractivity contribution is 0.332. The molecular formula is C25H25NO. The minimum Gasteiger partial charge on any atom is -0.456 e. The molecular weight excluding hydrogens is 330 g/mol. The van der Waals surface area contributed by atoms with Gasteiger partial charge in [0.2, 0.25) is 0 Å². The molecule has 2 aromatic carbocycles. The molecule has 0 unspecified atom stereocenters. The molecule has 0 atom stereocenters. The third-order valence-corrected chi connectivity index (χ3v) is 6.41. The Kier molecular flexibility index (Phi) is 3.34. The molecule has 0 saturated carbocycles. The van der Waals surface area contributed by atoms with E-state index in [0.29, 0.717) is 0 Å². The Morgan fingerprint density at radius 1 is 0.778 bits per heavy atom. The third-order valence-electron chi connectivity index (χ3n) is 6.41. The van der Waals surface area contributed by atoms with Crippen molar-refractivity contribution in [2.24, 2.45) is 0 Å². The number of pyridine rings is 1. The fraction of sp³-hybridized carbons (Fsp3) is 0.320. The van der Waals surface area contributed by atoms with Crippen LogP contribution in [0.2, 0.25) is 0 Å². The predicted octanol–water partition coefficient (Wildman–Crippen LogP) is 7.00. The summed E-state index contributed by atoms with van der Waals surface area (Å²) in [7, 11) is 0. The normalized spacial score (nSPS) is 17.9. The van der Waals surface area contributed by atoms with E-state index in [1.807, 2.05) is 24.4 Å². The lowest BCUT2D eigenvalue weighted by Gasteiger charge is -2.42. The van der Waals surface area contributed by atoms with E-state index >= 15 is 0 Å². The van der Waals surface area contributed by atoms with Crippen molar-refractivity contribution in [2.45, 2.75) is 51.4 Å². The highest BCUT2D eigenvalue weighted by molar-refractivity contribution is 6.05. The van der Waals surface area contributed by atoms with Gasteiger partial charge in [-0.2, -0.15) is 0 Å². The molecule has 0 amide bonds. The van der Waals surface area contributed by atoms with Crippen molar-refractivity contribution in [3.8, 4) is 11.3 Å². The largest absolute Gasteiger partial charge is 0.456 e. The first-order valence-electron chi connectivity index (χ1n) is 9.78. The van der Waals surface area contributed by atoms with Gasteiger partial charge in [0.1, 0.15) is 11.2 Å². The van der Waals surface area contributed by atoms with Gasteiger partial charge >= 0.3 is 0 Å². The van der Waals surface area contributed by atoms with E-state index in [-0.39, 0.29) is 10.8 Å². The summed E-state index contributed by atoms with van der Waals surface area (Å²) in [4.78, 5) is 4.77. The molecule has 0 spiro atoms. The Hall–Kier alpha value is -2.61. The minimum absolute atomic E-state index is 0.199. The molecule has 1 aliphatic carbocycles. The van der Waals surface area contributed by atoms with Crippen molar-refractivity contribution in [2.75, 3.05) is 0 Å². The summed E-state index contributed by atoms with van der Waals surface area (Å²) in [6.45, 7) is 9.44. The summed E-state index contributed by atoms with van der Waals surface area (Å²) in [5.74, 6) is 0. The number of para-hydroxylation sites is 1. The van der Waals surface area contributed by atoms with Gasteiger partial charge in [0.05, 0.1) is 5.69 Å². The number of hydrogen-bond donors (Lipinski definition) is 0. The molecule has 2 aromatic heterocycles. The topological polar surface area (TPSA) is 26.0 Å². The van der Waals surface area contributed by atoms with Crippen molar-refractivity contribution < 1.29 is 4.42 Å². The third kappa shape index (κ3) is 2.50. The van der Waals surface area contributed by atoms with Gasteiger partial charge in [0.15, 0.2) is 0 Å². The van der Waals surface area contributed by atoms with Crippen molar-refractivity contribution in [3.63, 3.8) is 0 Å². The fourth-order valence-electron chi connectivity index (χ4n) is 4.53. The summed E-state index contributed by atoms with van der Waals surface area (Å²) in [6.07, 6.45) is 4.40. The molecule has 0 saturated heterocycles. The lowest BCUT2D eigenvalue weighted by atomic mass is 9.63. The molecule has 0 N–H and O–H groups in total. The molecule has 0 bridgehead atoms. The Bertz CT molecular complexity index is 1180. The van der Waals surface area contributed by atoms with Crippen LogP contribution in [0.25, 0.3) is 33.2 Å². The summed E-state index contributed by atoms with van der Waals surface area (Å²) in [5, 5.41) is 2.20. The summed E-state index contributed by atoms with van der Waals surface area (Å²) in [6, 6.07) is 17.1. The second kappa shape index (κ2) is 5.45. The highest BCUT2D eigenvalue weighted by Crippen LogP contribution is 2.46. The molecule has 2 heterocycles. The van der Waals surface area contributed by atoms with E-state index in [2.05, 4.69) is 58.0 Å². The number of nitrogens with zero attached hydrogens (tertiary/aromatic N) is 1. The van der Waals surface area contributed by atoms with Crippen LogP contribution in [0.15, 0.2) is 59.1 Å². The lowest BCUT2D eigenvalue weighted by Crippen LogP contribution is -2.33. The fourth-order valence-corrected chi connectivity index (χ4v) is 4.53. The van der Waals surface area contributed by atoms with Gasteiger partial charge in [0, 0.05) is 28.6 Å². The Balaban J connectivity index is 1.68. The Morgan fingerprint density at radius 2 is 1.52 bits per heavy atom. The van der Waals surface area contributed by atoms with Crippen LogP contribution in [0, 0.1) is 0 Å². The summed E-state index contributed by atoms with van der Waals surface area (Å²) < 4.78 is 6.06. The minimum atomic E-state index is 0.199. The SMILES string of the molecule is CC1(C)CCC(C)(C)c2cc(-c3cc4oc5ccccc5c4cn3)ccc21. The molecule has 0 fully saturated rings.